The molecule has 0 atom stereocenters. The van der Waals surface area contributed by atoms with Gasteiger partial charge in [-0.1, -0.05) is 22.9 Å². The highest BCUT2D eigenvalue weighted by Crippen LogP contribution is 2.39. The summed E-state index contributed by atoms with van der Waals surface area (Å²) in [5, 5.41) is 4.62. The maximum Gasteiger partial charge on any atom is 0.189 e. The number of methoxy groups -OCH3 is 1. The third-order valence-electron chi connectivity index (χ3n) is 3.61. The van der Waals surface area contributed by atoms with Crippen molar-refractivity contribution in [3.63, 3.8) is 0 Å². The van der Waals surface area contributed by atoms with Gasteiger partial charge in [-0.3, -0.25) is 4.98 Å². The van der Waals surface area contributed by atoms with E-state index in [1.54, 1.807) is 13.3 Å². The molecule has 0 bridgehead atoms. The van der Waals surface area contributed by atoms with Gasteiger partial charge in [0, 0.05) is 28.0 Å². The Morgan fingerprint density at radius 1 is 1.21 bits per heavy atom. The van der Waals surface area contributed by atoms with E-state index in [2.05, 4.69) is 15.3 Å². The number of hydrogen-bond acceptors (Lipinski definition) is 6. The normalized spacial score (nSPS) is 10.7. The zero-order valence-corrected chi connectivity index (χ0v) is 15.1. The minimum absolute atomic E-state index is 0.443. The molecule has 3 N–H and O–H groups in total. The molecule has 0 fully saturated rings. The number of benzene rings is 1. The van der Waals surface area contributed by atoms with Crippen LogP contribution in [0.1, 0.15) is 11.1 Å². The number of hydrogen-bond donors (Lipinski definition) is 2. The Morgan fingerprint density at radius 3 is 2.58 bits per heavy atom. The third kappa shape index (κ3) is 3.16. The monoisotopic (exact) mass is 360 g/mol. The molecular weight excluding hydrogens is 344 g/mol. The van der Waals surface area contributed by atoms with Gasteiger partial charge in [-0.15, -0.1) is 0 Å². The quantitative estimate of drug-likeness (QED) is 0.698. The van der Waals surface area contributed by atoms with Crippen molar-refractivity contribution in [1.82, 2.24) is 9.97 Å². The summed E-state index contributed by atoms with van der Waals surface area (Å²) >= 11 is 7.35. The molecule has 124 valence electrons. The molecule has 2 aromatic heterocycles. The van der Waals surface area contributed by atoms with Crippen molar-refractivity contribution >= 4 is 39.6 Å². The maximum atomic E-state index is 6.11. The first-order chi connectivity index (χ1) is 11.5. The van der Waals surface area contributed by atoms with Crippen LogP contribution in [0.15, 0.2) is 30.5 Å². The second-order valence-electron chi connectivity index (χ2n) is 5.31. The van der Waals surface area contributed by atoms with Gasteiger partial charge < -0.3 is 15.8 Å². The third-order valence-corrected chi connectivity index (χ3v) is 4.85. The van der Waals surface area contributed by atoms with Crippen LogP contribution in [0.2, 0.25) is 5.02 Å². The van der Waals surface area contributed by atoms with Crippen molar-refractivity contribution in [3.05, 3.63) is 46.6 Å². The van der Waals surface area contributed by atoms with E-state index < -0.39 is 0 Å². The first-order valence-corrected chi connectivity index (χ1v) is 8.48. The van der Waals surface area contributed by atoms with E-state index in [0.29, 0.717) is 16.0 Å². The van der Waals surface area contributed by atoms with Crippen LogP contribution in [0.4, 0.5) is 16.6 Å². The molecule has 5 nitrogen and oxygen atoms in total. The molecule has 24 heavy (non-hydrogen) atoms. The molecule has 0 aliphatic carbocycles. The SMILES string of the molecule is COc1c(C)cnc(-c2sc(Nc3ccc(Cl)cc3)nc2N)c1C. The molecule has 0 aliphatic rings. The van der Waals surface area contributed by atoms with Crippen molar-refractivity contribution < 1.29 is 4.74 Å². The lowest BCUT2D eigenvalue weighted by atomic mass is 10.1. The van der Waals surface area contributed by atoms with E-state index in [-0.39, 0.29) is 0 Å². The molecule has 7 heteroatoms. The summed E-state index contributed by atoms with van der Waals surface area (Å²) in [6.07, 6.45) is 1.78. The smallest absolute Gasteiger partial charge is 0.189 e. The Morgan fingerprint density at radius 2 is 1.92 bits per heavy atom. The molecule has 0 saturated carbocycles. The van der Waals surface area contributed by atoms with Crippen LogP contribution in [0.5, 0.6) is 5.75 Å². The summed E-state index contributed by atoms with van der Waals surface area (Å²) in [5.74, 6) is 1.26. The molecule has 3 rings (SSSR count). The Labute approximate surface area is 149 Å². The molecule has 2 heterocycles. The van der Waals surface area contributed by atoms with Gasteiger partial charge in [0.15, 0.2) is 5.13 Å². The minimum Gasteiger partial charge on any atom is -0.496 e. The lowest BCUT2D eigenvalue weighted by Crippen LogP contribution is -1.97. The van der Waals surface area contributed by atoms with Crippen molar-refractivity contribution in [2.75, 3.05) is 18.2 Å². The van der Waals surface area contributed by atoms with Crippen molar-refractivity contribution in [2.24, 2.45) is 0 Å². The van der Waals surface area contributed by atoms with Crippen molar-refractivity contribution in [2.45, 2.75) is 13.8 Å². The summed E-state index contributed by atoms with van der Waals surface area (Å²) in [5.41, 5.74) is 9.73. The van der Waals surface area contributed by atoms with Gasteiger partial charge in [-0.05, 0) is 38.1 Å². The van der Waals surface area contributed by atoms with Gasteiger partial charge in [0.2, 0.25) is 0 Å². The van der Waals surface area contributed by atoms with Gasteiger partial charge >= 0.3 is 0 Å². The summed E-state index contributed by atoms with van der Waals surface area (Å²) in [6.45, 7) is 3.94. The van der Waals surface area contributed by atoms with E-state index >= 15 is 0 Å². The van der Waals surface area contributed by atoms with Crippen LogP contribution in [0.3, 0.4) is 0 Å². The second-order valence-corrected chi connectivity index (χ2v) is 6.75. The fourth-order valence-corrected chi connectivity index (χ4v) is 3.56. The largest absolute Gasteiger partial charge is 0.496 e. The predicted molar refractivity (Wildman–Crippen MR) is 101 cm³/mol. The number of anilines is 3. The average Bonchev–Trinajstić information content (AvgIpc) is 2.90. The molecule has 0 radical (unpaired) electrons. The Bertz CT molecular complexity index is 877. The fraction of sp³-hybridized carbons (Fsp3) is 0.176. The number of thiazole rings is 1. The van der Waals surface area contributed by atoms with Crippen LogP contribution < -0.4 is 15.8 Å². The minimum atomic E-state index is 0.443. The number of ether oxygens (including phenoxy) is 1. The van der Waals surface area contributed by atoms with Crippen LogP contribution in [-0.2, 0) is 0 Å². The number of nitrogens with two attached hydrogens (primary N) is 1. The first kappa shape index (κ1) is 16.5. The van der Waals surface area contributed by atoms with E-state index in [9.17, 15) is 0 Å². The Hall–Kier alpha value is -2.31. The summed E-state index contributed by atoms with van der Waals surface area (Å²) in [6, 6.07) is 7.41. The number of nitrogen functional groups attached to an aromatic ring is 1. The summed E-state index contributed by atoms with van der Waals surface area (Å²) in [7, 11) is 1.66. The number of halogens is 1. The van der Waals surface area contributed by atoms with E-state index in [0.717, 1.165) is 33.1 Å². The highest BCUT2D eigenvalue weighted by atomic mass is 35.5. The number of rotatable bonds is 4. The average molecular weight is 361 g/mol. The molecular formula is C17H17ClN4OS. The summed E-state index contributed by atoms with van der Waals surface area (Å²) < 4.78 is 5.47. The fourth-order valence-electron chi connectivity index (χ4n) is 2.47. The second kappa shape index (κ2) is 6.67. The number of aromatic nitrogens is 2. The highest BCUT2D eigenvalue weighted by Gasteiger charge is 2.17. The predicted octanol–water partition coefficient (Wildman–Crippen LogP) is 4.81. The van der Waals surface area contributed by atoms with E-state index in [1.165, 1.54) is 11.3 Å². The molecule has 0 unspecified atom stereocenters. The number of pyridine rings is 1. The molecule has 0 amide bonds. The molecule has 0 spiro atoms. The topological polar surface area (TPSA) is 73.1 Å². The van der Waals surface area contributed by atoms with E-state index in [4.69, 9.17) is 22.1 Å². The summed E-state index contributed by atoms with van der Waals surface area (Å²) in [4.78, 5) is 9.73. The molecule has 1 aromatic carbocycles. The molecule has 0 aliphatic heterocycles. The number of aryl methyl sites for hydroxylation is 1. The Kier molecular flexibility index (Phi) is 4.59. The van der Waals surface area contributed by atoms with Gasteiger partial charge in [0.25, 0.3) is 0 Å². The van der Waals surface area contributed by atoms with Gasteiger partial charge in [0.1, 0.15) is 11.6 Å². The lowest BCUT2D eigenvalue weighted by Gasteiger charge is -2.11. The number of nitrogens with zero attached hydrogens (tertiary/aromatic N) is 2. The van der Waals surface area contributed by atoms with Gasteiger partial charge in [0.05, 0.1) is 17.7 Å². The van der Waals surface area contributed by atoms with Crippen LogP contribution >= 0.6 is 22.9 Å². The zero-order valence-electron chi connectivity index (χ0n) is 13.6. The maximum absolute atomic E-state index is 6.11. The number of nitrogens with one attached hydrogen (secondary N) is 1. The van der Waals surface area contributed by atoms with Gasteiger partial charge in [-0.25, -0.2) is 4.98 Å². The van der Waals surface area contributed by atoms with Crippen LogP contribution in [0, 0.1) is 13.8 Å². The molecule has 3 aromatic rings. The Balaban J connectivity index is 1.96. The standard InChI is InChI=1S/C17H17ClN4OS/c1-9-8-20-13(10(2)14(9)23-3)15-16(19)22-17(24-15)21-12-6-4-11(18)5-7-12/h4-8H,19H2,1-3H3,(H,21,22). The van der Waals surface area contributed by atoms with E-state index in [1.807, 2.05) is 38.1 Å². The van der Waals surface area contributed by atoms with Crippen LogP contribution in [0.25, 0.3) is 10.6 Å². The lowest BCUT2D eigenvalue weighted by molar-refractivity contribution is 0.408. The zero-order chi connectivity index (χ0) is 17.3. The molecule has 0 saturated heterocycles. The van der Waals surface area contributed by atoms with Crippen molar-refractivity contribution in [1.29, 1.82) is 0 Å². The van der Waals surface area contributed by atoms with Crippen LogP contribution in [-0.4, -0.2) is 17.1 Å². The highest BCUT2D eigenvalue weighted by molar-refractivity contribution is 7.19. The van der Waals surface area contributed by atoms with Crippen molar-refractivity contribution in [3.8, 4) is 16.3 Å². The van der Waals surface area contributed by atoms with Gasteiger partial charge in [-0.2, -0.15) is 0 Å². The first-order valence-electron chi connectivity index (χ1n) is 7.29.